The predicted octanol–water partition coefficient (Wildman–Crippen LogP) is 1.04. The van der Waals surface area contributed by atoms with Gasteiger partial charge in [0.2, 0.25) is 0 Å². The first-order valence-electron chi connectivity index (χ1n) is 6.53. The molecule has 1 atom stereocenters. The van der Waals surface area contributed by atoms with Crippen molar-refractivity contribution in [3.63, 3.8) is 0 Å². The second-order valence-electron chi connectivity index (χ2n) is 5.08. The van der Waals surface area contributed by atoms with Gasteiger partial charge in [0.25, 0.3) is 0 Å². The fraction of sp³-hybridized carbons (Fsp3) is 0.769. The minimum Gasteiger partial charge on any atom is -0.389 e. The first-order valence-corrected chi connectivity index (χ1v) is 6.53. The van der Waals surface area contributed by atoms with Crippen molar-refractivity contribution in [2.45, 2.75) is 38.8 Å². The van der Waals surface area contributed by atoms with Crippen molar-refractivity contribution < 1.29 is 14.6 Å². The third kappa shape index (κ3) is 6.61. The molecule has 0 bridgehead atoms. The van der Waals surface area contributed by atoms with Crippen LogP contribution in [0.2, 0.25) is 0 Å². The predicted molar refractivity (Wildman–Crippen MR) is 70.4 cm³/mol. The molecule has 0 heterocycles. The van der Waals surface area contributed by atoms with Gasteiger partial charge in [0.15, 0.2) is 0 Å². The minimum atomic E-state index is -0.656. The van der Waals surface area contributed by atoms with Crippen molar-refractivity contribution in [1.82, 2.24) is 10.6 Å². The average molecular weight is 256 g/mol. The number of hydrogen-bond donors (Lipinski definition) is 3. The summed E-state index contributed by atoms with van der Waals surface area (Å²) in [6.07, 6.45) is 5.22. The maximum absolute atomic E-state index is 11.5. The van der Waals surface area contributed by atoms with Gasteiger partial charge in [-0.05, 0) is 18.8 Å². The SMILES string of the molecule is CC(C)COCC(O)CNC(=O)NC1CC=CC1. The van der Waals surface area contributed by atoms with E-state index in [1.807, 2.05) is 13.8 Å². The molecule has 18 heavy (non-hydrogen) atoms. The van der Waals surface area contributed by atoms with Gasteiger partial charge in [-0.2, -0.15) is 0 Å². The molecule has 1 aliphatic rings. The molecule has 5 heteroatoms. The van der Waals surface area contributed by atoms with Crippen molar-refractivity contribution in [2.75, 3.05) is 19.8 Å². The monoisotopic (exact) mass is 256 g/mol. The summed E-state index contributed by atoms with van der Waals surface area (Å²) in [6.45, 7) is 5.19. The quantitative estimate of drug-likeness (QED) is 0.596. The maximum Gasteiger partial charge on any atom is 0.315 e. The second-order valence-corrected chi connectivity index (χ2v) is 5.08. The number of aliphatic hydroxyl groups is 1. The average Bonchev–Trinajstić information content (AvgIpc) is 2.78. The number of rotatable bonds is 7. The van der Waals surface area contributed by atoms with Crippen molar-refractivity contribution in [3.8, 4) is 0 Å². The molecule has 2 amide bonds. The Balaban J connectivity index is 2.02. The van der Waals surface area contributed by atoms with Gasteiger partial charge in [0.1, 0.15) is 0 Å². The highest BCUT2D eigenvalue weighted by atomic mass is 16.5. The van der Waals surface area contributed by atoms with E-state index in [1.54, 1.807) is 0 Å². The molecule has 1 rings (SSSR count). The maximum atomic E-state index is 11.5. The Morgan fingerprint density at radius 2 is 2.06 bits per heavy atom. The van der Waals surface area contributed by atoms with E-state index in [0.717, 1.165) is 12.8 Å². The van der Waals surface area contributed by atoms with Crippen molar-refractivity contribution >= 4 is 6.03 Å². The van der Waals surface area contributed by atoms with Crippen molar-refractivity contribution in [1.29, 1.82) is 0 Å². The van der Waals surface area contributed by atoms with Gasteiger partial charge in [-0.3, -0.25) is 0 Å². The lowest BCUT2D eigenvalue weighted by Gasteiger charge is -2.16. The van der Waals surface area contributed by atoms with E-state index in [2.05, 4.69) is 22.8 Å². The summed E-state index contributed by atoms with van der Waals surface area (Å²) in [5.74, 6) is 0.448. The topological polar surface area (TPSA) is 70.6 Å². The summed E-state index contributed by atoms with van der Waals surface area (Å²) in [7, 11) is 0. The molecular formula is C13H24N2O3. The Morgan fingerprint density at radius 3 is 2.67 bits per heavy atom. The molecule has 0 radical (unpaired) electrons. The van der Waals surface area contributed by atoms with Crippen molar-refractivity contribution in [3.05, 3.63) is 12.2 Å². The van der Waals surface area contributed by atoms with E-state index in [1.165, 1.54) is 0 Å². The number of carbonyl (C=O) groups is 1. The summed E-state index contributed by atoms with van der Waals surface area (Å²) in [5, 5.41) is 15.1. The standard InChI is InChI=1S/C13H24N2O3/c1-10(2)8-18-9-12(16)7-14-13(17)15-11-5-3-4-6-11/h3-4,10-12,16H,5-9H2,1-2H3,(H2,14,15,17). The molecule has 0 saturated heterocycles. The van der Waals surface area contributed by atoms with Crippen LogP contribution in [0.3, 0.4) is 0 Å². The van der Waals surface area contributed by atoms with E-state index in [9.17, 15) is 9.90 Å². The second kappa shape index (κ2) is 8.11. The van der Waals surface area contributed by atoms with Crippen LogP contribution in [-0.4, -0.2) is 43.0 Å². The van der Waals surface area contributed by atoms with E-state index < -0.39 is 6.10 Å². The minimum absolute atomic E-state index is 0.194. The van der Waals surface area contributed by atoms with Gasteiger partial charge in [0, 0.05) is 19.2 Å². The molecule has 0 aliphatic heterocycles. The Hall–Kier alpha value is -1.07. The molecule has 0 saturated carbocycles. The molecule has 0 aromatic heterocycles. The number of amides is 2. The van der Waals surface area contributed by atoms with Crippen LogP contribution < -0.4 is 10.6 Å². The Kier molecular flexibility index (Phi) is 6.75. The third-order valence-corrected chi connectivity index (χ3v) is 2.60. The zero-order valence-electron chi connectivity index (χ0n) is 11.2. The van der Waals surface area contributed by atoms with Crippen LogP contribution in [0.25, 0.3) is 0 Å². The molecule has 0 spiro atoms. The third-order valence-electron chi connectivity index (χ3n) is 2.60. The lowest BCUT2D eigenvalue weighted by molar-refractivity contribution is 0.0272. The first-order chi connectivity index (χ1) is 8.58. The molecule has 0 aromatic carbocycles. The van der Waals surface area contributed by atoms with Crippen LogP contribution in [0.5, 0.6) is 0 Å². The van der Waals surface area contributed by atoms with Gasteiger partial charge < -0.3 is 20.5 Å². The lowest BCUT2D eigenvalue weighted by atomic mass is 10.2. The molecule has 0 aromatic rings. The van der Waals surface area contributed by atoms with Crippen molar-refractivity contribution in [2.24, 2.45) is 5.92 Å². The highest BCUT2D eigenvalue weighted by molar-refractivity contribution is 5.74. The Labute approximate surface area is 109 Å². The number of hydrogen-bond acceptors (Lipinski definition) is 3. The number of aliphatic hydroxyl groups excluding tert-OH is 1. The molecule has 1 unspecified atom stereocenters. The molecular weight excluding hydrogens is 232 g/mol. The normalized spacial score (nSPS) is 17.1. The number of carbonyl (C=O) groups excluding carboxylic acids is 1. The summed E-state index contributed by atoms with van der Waals surface area (Å²) < 4.78 is 5.29. The van der Waals surface area contributed by atoms with Crippen LogP contribution in [0, 0.1) is 5.92 Å². The Morgan fingerprint density at radius 1 is 1.39 bits per heavy atom. The number of nitrogens with one attached hydrogen (secondary N) is 2. The molecule has 5 nitrogen and oxygen atoms in total. The van der Waals surface area contributed by atoms with Crippen LogP contribution in [0.4, 0.5) is 4.79 Å². The largest absolute Gasteiger partial charge is 0.389 e. The molecule has 0 fully saturated rings. The zero-order valence-corrected chi connectivity index (χ0v) is 11.2. The van der Waals surface area contributed by atoms with Crippen LogP contribution in [-0.2, 0) is 4.74 Å². The zero-order chi connectivity index (χ0) is 13.4. The van der Waals surface area contributed by atoms with Crippen LogP contribution in [0.1, 0.15) is 26.7 Å². The molecule has 3 N–H and O–H groups in total. The number of urea groups is 1. The van der Waals surface area contributed by atoms with Gasteiger partial charge in [0.05, 0.1) is 12.7 Å². The van der Waals surface area contributed by atoms with E-state index in [4.69, 9.17) is 4.74 Å². The van der Waals surface area contributed by atoms with Gasteiger partial charge in [-0.1, -0.05) is 26.0 Å². The van der Waals surface area contributed by atoms with E-state index in [-0.39, 0.29) is 25.2 Å². The van der Waals surface area contributed by atoms with E-state index in [0.29, 0.717) is 12.5 Å². The first kappa shape index (κ1) is 15.0. The van der Waals surface area contributed by atoms with E-state index >= 15 is 0 Å². The summed E-state index contributed by atoms with van der Waals surface area (Å²) in [6, 6.07) is -0.0362. The van der Waals surface area contributed by atoms with Crippen LogP contribution in [0.15, 0.2) is 12.2 Å². The summed E-state index contributed by atoms with van der Waals surface area (Å²) in [5.41, 5.74) is 0. The fourth-order valence-electron chi connectivity index (χ4n) is 1.68. The number of ether oxygens (including phenoxy) is 1. The van der Waals surface area contributed by atoms with Crippen LogP contribution >= 0.6 is 0 Å². The fourth-order valence-corrected chi connectivity index (χ4v) is 1.68. The van der Waals surface area contributed by atoms with Gasteiger partial charge >= 0.3 is 6.03 Å². The Bertz CT molecular complexity index is 271. The van der Waals surface area contributed by atoms with Gasteiger partial charge in [-0.15, -0.1) is 0 Å². The smallest absolute Gasteiger partial charge is 0.315 e. The summed E-state index contributed by atoms with van der Waals surface area (Å²) >= 11 is 0. The summed E-state index contributed by atoms with van der Waals surface area (Å²) in [4.78, 5) is 11.5. The lowest BCUT2D eigenvalue weighted by Crippen LogP contribution is -2.44. The van der Waals surface area contributed by atoms with Gasteiger partial charge in [-0.25, -0.2) is 4.79 Å². The highest BCUT2D eigenvalue weighted by Gasteiger charge is 2.13. The molecule has 1 aliphatic carbocycles. The highest BCUT2D eigenvalue weighted by Crippen LogP contribution is 2.08. The molecule has 104 valence electrons.